The van der Waals surface area contributed by atoms with Gasteiger partial charge in [-0.3, -0.25) is 9.69 Å². The molecule has 0 bridgehead atoms. The van der Waals surface area contributed by atoms with Crippen molar-refractivity contribution >= 4 is 17.4 Å². The van der Waals surface area contributed by atoms with Crippen LogP contribution >= 0.6 is 0 Å². The summed E-state index contributed by atoms with van der Waals surface area (Å²) in [7, 11) is 0. The monoisotopic (exact) mass is 409 g/mol. The van der Waals surface area contributed by atoms with Crippen molar-refractivity contribution in [2.75, 3.05) is 18.8 Å². The number of benzene rings is 1. The normalized spacial score (nSPS) is 15.3. The maximum absolute atomic E-state index is 12.9. The number of hydrogen-bond acceptors (Lipinski definition) is 9. The maximum Gasteiger partial charge on any atom is 0.293 e. The number of nitrogens with one attached hydrogen (secondary N) is 1. The van der Waals surface area contributed by atoms with Crippen LogP contribution in [0.2, 0.25) is 0 Å². The summed E-state index contributed by atoms with van der Waals surface area (Å²) in [4.78, 5) is 15.1. The van der Waals surface area contributed by atoms with Gasteiger partial charge in [-0.1, -0.05) is 42.0 Å². The molecule has 1 saturated heterocycles. The zero-order valence-corrected chi connectivity index (χ0v) is 16.7. The molecule has 0 aliphatic carbocycles. The topological polar surface area (TPSA) is 140 Å². The fourth-order valence-electron chi connectivity index (χ4n) is 3.39. The van der Waals surface area contributed by atoms with Gasteiger partial charge in [0.1, 0.15) is 0 Å². The molecule has 0 atom stereocenters. The molecular weight excluding hydrogens is 386 g/mol. The second kappa shape index (κ2) is 8.82. The molecule has 3 aromatic rings. The summed E-state index contributed by atoms with van der Waals surface area (Å²) in [5.74, 6) is -0.180. The standard InChI is InChI=1S/C19H23N9O2/c1-13(14-8-4-2-5-9-14)21-23-19(29)16-15(12-27-10-6-3-7-11-27)28(26-22-16)18-17(20)24-30-25-18/h2,4-5,8-9H,3,6-7,10-12H2,1H3,(H2,20,24)(H,23,29)/b21-13+. The number of hydrogen-bond donors (Lipinski definition) is 2. The highest BCUT2D eigenvalue weighted by Crippen LogP contribution is 2.19. The minimum atomic E-state index is -0.460. The summed E-state index contributed by atoms with van der Waals surface area (Å²) in [5, 5.41) is 19.7. The van der Waals surface area contributed by atoms with Gasteiger partial charge in [-0.2, -0.15) is 9.78 Å². The summed E-state index contributed by atoms with van der Waals surface area (Å²) >= 11 is 0. The predicted molar refractivity (Wildman–Crippen MR) is 109 cm³/mol. The molecule has 30 heavy (non-hydrogen) atoms. The van der Waals surface area contributed by atoms with Gasteiger partial charge in [0.25, 0.3) is 5.91 Å². The van der Waals surface area contributed by atoms with Gasteiger partial charge in [-0.15, -0.1) is 5.10 Å². The Morgan fingerprint density at radius 2 is 1.97 bits per heavy atom. The molecule has 0 saturated carbocycles. The van der Waals surface area contributed by atoms with Gasteiger partial charge < -0.3 is 5.73 Å². The average molecular weight is 409 g/mol. The van der Waals surface area contributed by atoms with E-state index in [9.17, 15) is 4.79 Å². The number of amides is 1. The third-order valence-corrected chi connectivity index (χ3v) is 5.01. The Kier molecular flexibility index (Phi) is 5.80. The number of carbonyl (C=O) groups excluding carboxylic acids is 1. The van der Waals surface area contributed by atoms with Crippen molar-refractivity contribution in [2.24, 2.45) is 5.10 Å². The van der Waals surface area contributed by atoms with Gasteiger partial charge in [0.05, 0.1) is 11.4 Å². The van der Waals surface area contributed by atoms with Gasteiger partial charge in [0, 0.05) is 6.54 Å². The van der Waals surface area contributed by atoms with Crippen molar-refractivity contribution in [1.29, 1.82) is 0 Å². The lowest BCUT2D eigenvalue weighted by atomic mass is 10.1. The molecule has 0 spiro atoms. The van der Waals surface area contributed by atoms with E-state index in [1.54, 1.807) is 0 Å². The Morgan fingerprint density at radius 1 is 1.20 bits per heavy atom. The molecule has 1 aliphatic heterocycles. The maximum atomic E-state index is 12.9. The van der Waals surface area contributed by atoms with Crippen LogP contribution in [0.1, 0.15) is 47.9 Å². The van der Waals surface area contributed by atoms with Crippen LogP contribution in [0.3, 0.4) is 0 Å². The van der Waals surface area contributed by atoms with Crippen molar-refractivity contribution in [3.8, 4) is 5.82 Å². The summed E-state index contributed by atoms with van der Waals surface area (Å²) in [6.45, 7) is 4.17. The zero-order valence-electron chi connectivity index (χ0n) is 16.7. The zero-order chi connectivity index (χ0) is 20.9. The van der Waals surface area contributed by atoms with Crippen LogP contribution in [-0.4, -0.2) is 54.9 Å². The van der Waals surface area contributed by atoms with Crippen LogP contribution in [0.15, 0.2) is 40.1 Å². The van der Waals surface area contributed by atoms with Crippen molar-refractivity contribution in [3.05, 3.63) is 47.3 Å². The van der Waals surface area contributed by atoms with E-state index < -0.39 is 5.91 Å². The number of carbonyl (C=O) groups is 1. The first-order valence-electron chi connectivity index (χ1n) is 9.79. The minimum Gasteiger partial charge on any atom is -0.378 e. The quantitative estimate of drug-likeness (QED) is 0.459. The van der Waals surface area contributed by atoms with E-state index in [0.717, 1.165) is 31.5 Å². The molecule has 1 amide bonds. The highest BCUT2D eigenvalue weighted by atomic mass is 16.6. The number of nitrogens with two attached hydrogens (primary N) is 1. The SMILES string of the molecule is C/C(=N\NC(=O)c1nnn(-c2nonc2N)c1CN1CCCCC1)c1ccccc1. The van der Waals surface area contributed by atoms with E-state index >= 15 is 0 Å². The number of nitrogens with zero attached hydrogens (tertiary/aromatic N) is 7. The Labute approximate surface area is 172 Å². The van der Waals surface area contributed by atoms with Gasteiger partial charge in [-0.05, 0) is 48.7 Å². The minimum absolute atomic E-state index is 0.0738. The van der Waals surface area contributed by atoms with Gasteiger partial charge in [-0.25, -0.2) is 10.1 Å². The van der Waals surface area contributed by atoms with Crippen molar-refractivity contribution in [2.45, 2.75) is 32.7 Å². The van der Waals surface area contributed by atoms with E-state index in [1.807, 2.05) is 37.3 Å². The molecule has 156 valence electrons. The molecule has 11 heteroatoms. The van der Waals surface area contributed by atoms with Gasteiger partial charge in [0.2, 0.25) is 11.6 Å². The number of anilines is 1. The molecule has 0 unspecified atom stereocenters. The molecular formula is C19H23N9O2. The number of nitrogen functional groups attached to an aromatic ring is 1. The molecule has 1 aromatic carbocycles. The highest BCUT2D eigenvalue weighted by Gasteiger charge is 2.26. The van der Waals surface area contributed by atoms with Crippen LogP contribution in [0.25, 0.3) is 5.82 Å². The van der Waals surface area contributed by atoms with Crippen LogP contribution < -0.4 is 11.2 Å². The Hall–Kier alpha value is -3.60. The van der Waals surface area contributed by atoms with Crippen LogP contribution in [-0.2, 0) is 6.54 Å². The molecule has 2 aromatic heterocycles. The second-order valence-electron chi connectivity index (χ2n) is 7.11. The van der Waals surface area contributed by atoms with Crippen LogP contribution in [0, 0.1) is 0 Å². The number of hydrazone groups is 1. The molecule has 3 heterocycles. The van der Waals surface area contributed by atoms with E-state index in [0.29, 0.717) is 18.0 Å². The van der Waals surface area contributed by atoms with Crippen molar-refractivity contribution in [1.82, 2.24) is 35.6 Å². The lowest BCUT2D eigenvalue weighted by Gasteiger charge is -2.26. The van der Waals surface area contributed by atoms with E-state index in [-0.39, 0.29) is 17.3 Å². The first kappa shape index (κ1) is 19.7. The predicted octanol–water partition coefficient (Wildman–Crippen LogP) is 1.37. The average Bonchev–Trinajstić information content (AvgIpc) is 3.39. The molecule has 11 nitrogen and oxygen atoms in total. The summed E-state index contributed by atoms with van der Waals surface area (Å²) < 4.78 is 6.10. The van der Waals surface area contributed by atoms with E-state index in [1.165, 1.54) is 11.1 Å². The van der Waals surface area contributed by atoms with Gasteiger partial charge >= 0.3 is 0 Å². The van der Waals surface area contributed by atoms with Crippen molar-refractivity contribution < 1.29 is 9.42 Å². The molecule has 1 fully saturated rings. The fraction of sp³-hybridized carbons (Fsp3) is 0.368. The Balaban J connectivity index is 1.61. The number of aromatic nitrogens is 5. The molecule has 1 aliphatic rings. The first-order chi connectivity index (χ1) is 14.6. The molecule has 4 rings (SSSR count). The van der Waals surface area contributed by atoms with E-state index in [2.05, 4.69) is 36.1 Å². The third-order valence-electron chi connectivity index (χ3n) is 5.01. The lowest BCUT2D eigenvalue weighted by molar-refractivity contribution is 0.0947. The first-order valence-corrected chi connectivity index (χ1v) is 9.79. The van der Waals surface area contributed by atoms with E-state index in [4.69, 9.17) is 10.4 Å². The third kappa shape index (κ3) is 4.20. The largest absolute Gasteiger partial charge is 0.378 e. The van der Waals surface area contributed by atoms with Crippen LogP contribution in [0.4, 0.5) is 5.82 Å². The van der Waals surface area contributed by atoms with Crippen molar-refractivity contribution in [3.63, 3.8) is 0 Å². The molecule has 0 radical (unpaired) electrons. The fourth-order valence-corrected chi connectivity index (χ4v) is 3.39. The summed E-state index contributed by atoms with van der Waals surface area (Å²) in [6, 6.07) is 9.58. The highest BCUT2D eigenvalue weighted by molar-refractivity contribution is 6.00. The molecule has 3 N–H and O–H groups in total. The van der Waals surface area contributed by atoms with Crippen LogP contribution in [0.5, 0.6) is 0 Å². The Morgan fingerprint density at radius 3 is 2.67 bits per heavy atom. The smallest absolute Gasteiger partial charge is 0.293 e. The second-order valence-corrected chi connectivity index (χ2v) is 7.11. The Bertz CT molecular complexity index is 1040. The number of rotatable bonds is 6. The number of likely N-dealkylation sites (tertiary alicyclic amines) is 1. The number of piperidine rings is 1. The summed E-state index contributed by atoms with van der Waals surface area (Å²) in [6.07, 6.45) is 3.42. The lowest BCUT2D eigenvalue weighted by Crippen LogP contribution is -2.31. The van der Waals surface area contributed by atoms with Gasteiger partial charge in [0.15, 0.2) is 5.69 Å². The summed E-state index contributed by atoms with van der Waals surface area (Å²) in [5.41, 5.74) is 10.7.